The number of benzene rings is 1. The zero-order chi connectivity index (χ0) is 17.5. The van der Waals surface area contributed by atoms with Crippen LogP contribution in [0.5, 0.6) is 0 Å². The summed E-state index contributed by atoms with van der Waals surface area (Å²) in [5.41, 5.74) is 0.816. The highest BCUT2D eigenvalue weighted by Crippen LogP contribution is 2.09. The molecule has 0 aromatic heterocycles. The zero-order valence-electron chi connectivity index (χ0n) is 14.6. The number of hydrogen-bond acceptors (Lipinski definition) is 3. The average Bonchev–Trinajstić information content (AvgIpc) is 2.99. The van der Waals surface area contributed by atoms with Crippen molar-refractivity contribution < 1.29 is 14.3 Å². The molecule has 2 rings (SSSR count). The summed E-state index contributed by atoms with van der Waals surface area (Å²) >= 11 is 0. The molecular weight excluding hydrogens is 438 g/mol. The highest BCUT2D eigenvalue weighted by molar-refractivity contribution is 14.0. The predicted molar refractivity (Wildman–Crippen MR) is 107 cm³/mol. The van der Waals surface area contributed by atoms with Gasteiger partial charge in [0.25, 0.3) is 5.91 Å². The molecule has 140 valence electrons. The molecule has 1 aliphatic heterocycles. The summed E-state index contributed by atoms with van der Waals surface area (Å²) in [5.74, 6) is 0.0399. The van der Waals surface area contributed by atoms with Gasteiger partial charge in [0.1, 0.15) is 5.82 Å². The van der Waals surface area contributed by atoms with Gasteiger partial charge in [-0.15, -0.1) is 24.0 Å². The molecule has 0 unspecified atom stereocenters. The topological polar surface area (TPSA) is 77.0 Å². The number of aryl methyl sites for hydroxylation is 1. The standard InChI is InChI=1S/C17H25FN4O2.HI/c1-3-19-17(22-9-6-14(23)11-22)21-8-7-20-16(24)13-5-4-12(2)15(18)10-13;/h4-5,10,14,23H,3,6-9,11H2,1-2H3,(H,19,21)(H,20,24);1H/t14-;/m1./s1. The predicted octanol–water partition coefficient (Wildman–Crippen LogP) is 1.51. The van der Waals surface area contributed by atoms with E-state index in [1.165, 1.54) is 6.07 Å². The quantitative estimate of drug-likeness (QED) is 0.267. The molecule has 0 bridgehead atoms. The molecule has 8 heteroatoms. The van der Waals surface area contributed by atoms with Gasteiger partial charge in [-0.3, -0.25) is 9.79 Å². The molecule has 1 amide bonds. The molecular formula is C17H26FIN4O2. The fourth-order valence-corrected chi connectivity index (χ4v) is 2.53. The van der Waals surface area contributed by atoms with E-state index >= 15 is 0 Å². The van der Waals surface area contributed by atoms with Crippen molar-refractivity contribution in [1.82, 2.24) is 15.5 Å². The van der Waals surface area contributed by atoms with Gasteiger partial charge < -0.3 is 20.6 Å². The monoisotopic (exact) mass is 464 g/mol. The summed E-state index contributed by atoms with van der Waals surface area (Å²) in [7, 11) is 0. The molecule has 1 aromatic rings. The maximum absolute atomic E-state index is 13.5. The Balaban J connectivity index is 0.00000312. The van der Waals surface area contributed by atoms with Crippen LogP contribution >= 0.6 is 24.0 Å². The van der Waals surface area contributed by atoms with Gasteiger partial charge in [0.05, 0.1) is 12.6 Å². The van der Waals surface area contributed by atoms with Crippen LogP contribution in [0.1, 0.15) is 29.3 Å². The van der Waals surface area contributed by atoms with Crippen LogP contribution in [-0.4, -0.2) is 60.7 Å². The first-order valence-electron chi connectivity index (χ1n) is 8.27. The maximum Gasteiger partial charge on any atom is 0.251 e. The Kier molecular flexibility index (Phi) is 9.12. The second kappa shape index (κ2) is 10.5. The van der Waals surface area contributed by atoms with Gasteiger partial charge in [0.15, 0.2) is 5.96 Å². The number of amides is 1. The van der Waals surface area contributed by atoms with Gasteiger partial charge in [0, 0.05) is 31.7 Å². The average molecular weight is 464 g/mol. The fraction of sp³-hybridized carbons (Fsp3) is 0.529. The van der Waals surface area contributed by atoms with Crippen molar-refractivity contribution in [2.24, 2.45) is 4.99 Å². The summed E-state index contributed by atoms with van der Waals surface area (Å²) in [4.78, 5) is 18.5. The second-order valence-electron chi connectivity index (χ2n) is 5.84. The number of likely N-dealkylation sites (tertiary alicyclic amines) is 1. The van der Waals surface area contributed by atoms with Gasteiger partial charge >= 0.3 is 0 Å². The molecule has 0 radical (unpaired) electrons. The van der Waals surface area contributed by atoms with Gasteiger partial charge in [-0.25, -0.2) is 4.39 Å². The summed E-state index contributed by atoms with van der Waals surface area (Å²) in [6, 6.07) is 4.43. The van der Waals surface area contributed by atoms with Crippen molar-refractivity contribution in [3.05, 3.63) is 35.1 Å². The van der Waals surface area contributed by atoms with Gasteiger partial charge in [-0.05, 0) is 38.0 Å². The summed E-state index contributed by atoms with van der Waals surface area (Å²) in [5, 5.41) is 15.5. The third-order valence-electron chi connectivity index (χ3n) is 3.89. The molecule has 0 spiro atoms. The molecule has 1 heterocycles. The number of rotatable bonds is 5. The van der Waals surface area contributed by atoms with Crippen LogP contribution in [0.15, 0.2) is 23.2 Å². The number of β-amino-alcohol motifs (C(OH)–C–C–N with tert-alkyl or cyclic N) is 1. The highest BCUT2D eigenvalue weighted by atomic mass is 127. The summed E-state index contributed by atoms with van der Waals surface area (Å²) in [6.07, 6.45) is 0.421. The van der Waals surface area contributed by atoms with E-state index < -0.39 is 0 Å². The largest absolute Gasteiger partial charge is 0.391 e. The molecule has 6 nitrogen and oxygen atoms in total. The van der Waals surface area contributed by atoms with Crippen molar-refractivity contribution in [2.75, 3.05) is 32.7 Å². The highest BCUT2D eigenvalue weighted by Gasteiger charge is 2.22. The summed E-state index contributed by atoms with van der Waals surface area (Å²) in [6.45, 7) is 6.48. The first-order chi connectivity index (χ1) is 11.5. The number of nitrogens with zero attached hydrogens (tertiary/aromatic N) is 2. The number of aliphatic hydroxyl groups is 1. The first-order valence-corrected chi connectivity index (χ1v) is 8.27. The van der Waals surface area contributed by atoms with Crippen molar-refractivity contribution in [1.29, 1.82) is 0 Å². The Labute approximate surface area is 164 Å². The smallest absolute Gasteiger partial charge is 0.251 e. The number of carbonyl (C=O) groups is 1. The minimum absolute atomic E-state index is 0. The molecule has 0 aliphatic carbocycles. The Morgan fingerprint density at radius 1 is 1.44 bits per heavy atom. The lowest BCUT2D eigenvalue weighted by Crippen LogP contribution is -2.41. The van der Waals surface area contributed by atoms with E-state index in [0.717, 1.165) is 25.5 Å². The van der Waals surface area contributed by atoms with E-state index in [2.05, 4.69) is 15.6 Å². The Bertz CT molecular complexity index is 612. The third-order valence-corrected chi connectivity index (χ3v) is 3.89. The lowest BCUT2D eigenvalue weighted by molar-refractivity contribution is 0.0954. The summed E-state index contributed by atoms with van der Waals surface area (Å²) < 4.78 is 13.5. The number of nitrogens with one attached hydrogen (secondary N) is 2. The van der Waals surface area contributed by atoms with Crippen molar-refractivity contribution in [2.45, 2.75) is 26.4 Å². The molecule has 3 N–H and O–H groups in total. The van der Waals surface area contributed by atoms with Crippen LogP contribution in [0.3, 0.4) is 0 Å². The second-order valence-corrected chi connectivity index (χ2v) is 5.84. The van der Waals surface area contributed by atoms with Crippen LogP contribution in [-0.2, 0) is 0 Å². The lowest BCUT2D eigenvalue weighted by atomic mass is 10.1. The number of aliphatic hydroxyl groups excluding tert-OH is 1. The van der Waals surface area contributed by atoms with E-state index in [4.69, 9.17) is 0 Å². The van der Waals surface area contributed by atoms with E-state index in [1.807, 2.05) is 11.8 Å². The minimum atomic E-state index is -0.386. The molecule has 1 saturated heterocycles. The Morgan fingerprint density at radius 3 is 2.80 bits per heavy atom. The third kappa shape index (κ3) is 6.43. The van der Waals surface area contributed by atoms with Gasteiger partial charge in [0.2, 0.25) is 0 Å². The van der Waals surface area contributed by atoms with E-state index in [1.54, 1.807) is 19.1 Å². The molecule has 1 aromatic carbocycles. The molecule has 25 heavy (non-hydrogen) atoms. The van der Waals surface area contributed by atoms with E-state index in [0.29, 0.717) is 30.8 Å². The fourth-order valence-electron chi connectivity index (χ4n) is 2.53. The number of hydrogen-bond donors (Lipinski definition) is 3. The number of aliphatic imine (C=N–C) groups is 1. The Hall–Kier alpha value is -1.42. The molecule has 1 fully saturated rings. The number of guanidine groups is 1. The van der Waals surface area contributed by atoms with Crippen molar-refractivity contribution >= 4 is 35.8 Å². The van der Waals surface area contributed by atoms with Crippen LogP contribution in [0.2, 0.25) is 0 Å². The van der Waals surface area contributed by atoms with Gasteiger partial charge in [-0.2, -0.15) is 0 Å². The number of halogens is 2. The van der Waals surface area contributed by atoms with E-state index in [9.17, 15) is 14.3 Å². The molecule has 1 atom stereocenters. The molecule has 0 saturated carbocycles. The van der Waals surface area contributed by atoms with Crippen LogP contribution in [0, 0.1) is 12.7 Å². The SMILES string of the molecule is CCNC(=NCCNC(=O)c1ccc(C)c(F)c1)N1CC[C@@H](O)C1.I. The van der Waals surface area contributed by atoms with Crippen molar-refractivity contribution in [3.8, 4) is 0 Å². The van der Waals surface area contributed by atoms with E-state index in [-0.39, 0.29) is 41.8 Å². The first kappa shape index (κ1) is 21.6. The minimum Gasteiger partial charge on any atom is -0.391 e. The molecule has 1 aliphatic rings. The normalized spacial score (nSPS) is 17.2. The lowest BCUT2D eigenvalue weighted by Gasteiger charge is -2.20. The maximum atomic E-state index is 13.5. The Morgan fingerprint density at radius 2 is 2.20 bits per heavy atom. The number of carbonyl (C=O) groups excluding carboxylic acids is 1. The zero-order valence-corrected chi connectivity index (χ0v) is 16.9. The van der Waals surface area contributed by atoms with Crippen molar-refractivity contribution in [3.63, 3.8) is 0 Å². The van der Waals surface area contributed by atoms with Crippen LogP contribution in [0.4, 0.5) is 4.39 Å². The van der Waals surface area contributed by atoms with Gasteiger partial charge in [-0.1, -0.05) is 6.07 Å². The van der Waals surface area contributed by atoms with Crippen LogP contribution in [0.25, 0.3) is 0 Å². The van der Waals surface area contributed by atoms with Crippen LogP contribution < -0.4 is 10.6 Å².